The van der Waals surface area contributed by atoms with Gasteiger partial charge in [-0.05, 0) is 11.6 Å². The van der Waals surface area contributed by atoms with Crippen molar-refractivity contribution in [2.75, 3.05) is 0 Å². The lowest BCUT2D eigenvalue weighted by atomic mass is 10.1. The number of fused-ring (bicyclic) bond motifs is 1. The van der Waals surface area contributed by atoms with E-state index in [1.54, 1.807) is 6.07 Å². The van der Waals surface area contributed by atoms with Gasteiger partial charge in [0.25, 0.3) is 5.91 Å². The lowest BCUT2D eigenvalue weighted by Gasteiger charge is -2.02. The highest BCUT2D eigenvalue weighted by Gasteiger charge is 2.15. The number of carbonyl (C=O) groups excluding carboxylic acids is 1. The van der Waals surface area contributed by atoms with Crippen LogP contribution < -0.4 is 5.32 Å². The highest BCUT2D eigenvalue weighted by atomic mass is 16.5. The Hall–Kier alpha value is -3.34. The molecule has 0 spiro atoms. The number of benzene rings is 2. The molecule has 24 heavy (non-hydrogen) atoms. The van der Waals surface area contributed by atoms with Crippen molar-refractivity contribution in [2.45, 2.75) is 6.54 Å². The Bertz CT molecular complexity index is 986. The molecule has 5 heteroatoms. The maximum absolute atomic E-state index is 12.2. The van der Waals surface area contributed by atoms with Gasteiger partial charge in [0.15, 0.2) is 11.5 Å². The number of nitrogens with zero attached hydrogens (tertiary/aromatic N) is 1. The molecule has 0 unspecified atom stereocenters. The van der Waals surface area contributed by atoms with Crippen molar-refractivity contribution in [1.82, 2.24) is 15.5 Å². The van der Waals surface area contributed by atoms with Gasteiger partial charge in [0.05, 0.1) is 0 Å². The van der Waals surface area contributed by atoms with E-state index in [1.807, 2.05) is 60.8 Å². The molecule has 0 aliphatic rings. The van der Waals surface area contributed by atoms with Crippen molar-refractivity contribution in [1.29, 1.82) is 0 Å². The first-order chi connectivity index (χ1) is 11.8. The summed E-state index contributed by atoms with van der Waals surface area (Å²) in [6, 6.07) is 19.3. The van der Waals surface area contributed by atoms with Crippen molar-refractivity contribution >= 4 is 16.8 Å². The Morgan fingerprint density at radius 3 is 2.75 bits per heavy atom. The Balaban J connectivity index is 1.53. The maximum atomic E-state index is 12.2. The molecule has 118 valence electrons. The van der Waals surface area contributed by atoms with Crippen LogP contribution in [-0.2, 0) is 6.54 Å². The van der Waals surface area contributed by atoms with Gasteiger partial charge in [0, 0.05) is 35.3 Å². The molecular weight excluding hydrogens is 302 g/mol. The van der Waals surface area contributed by atoms with E-state index in [4.69, 9.17) is 4.52 Å². The summed E-state index contributed by atoms with van der Waals surface area (Å²) < 4.78 is 5.36. The first-order valence-corrected chi connectivity index (χ1v) is 7.66. The summed E-state index contributed by atoms with van der Waals surface area (Å²) in [7, 11) is 0. The molecule has 0 saturated carbocycles. The van der Waals surface area contributed by atoms with Crippen LogP contribution >= 0.6 is 0 Å². The first-order valence-electron chi connectivity index (χ1n) is 7.66. The van der Waals surface area contributed by atoms with Gasteiger partial charge in [-0.3, -0.25) is 4.79 Å². The molecule has 2 heterocycles. The summed E-state index contributed by atoms with van der Waals surface area (Å²) in [4.78, 5) is 15.4. The highest BCUT2D eigenvalue weighted by molar-refractivity contribution is 5.97. The fourth-order valence-corrected chi connectivity index (χ4v) is 2.65. The van der Waals surface area contributed by atoms with Crippen LogP contribution in [0.1, 0.15) is 16.1 Å². The van der Waals surface area contributed by atoms with E-state index in [9.17, 15) is 4.79 Å². The smallest absolute Gasteiger partial charge is 0.273 e. The molecule has 5 nitrogen and oxygen atoms in total. The van der Waals surface area contributed by atoms with Crippen LogP contribution in [0.2, 0.25) is 0 Å². The van der Waals surface area contributed by atoms with Crippen molar-refractivity contribution in [3.05, 3.63) is 78.1 Å². The van der Waals surface area contributed by atoms with Crippen LogP contribution in [0, 0.1) is 0 Å². The van der Waals surface area contributed by atoms with Crippen LogP contribution in [0.15, 0.2) is 71.4 Å². The van der Waals surface area contributed by atoms with E-state index in [-0.39, 0.29) is 11.6 Å². The summed E-state index contributed by atoms with van der Waals surface area (Å²) in [5.74, 6) is 0.311. The molecule has 0 fully saturated rings. The van der Waals surface area contributed by atoms with Crippen LogP contribution in [-0.4, -0.2) is 16.0 Å². The van der Waals surface area contributed by atoms with E-state index in [1.165, 1.54) is 0 Å². The van der Waals surface area contributed by atoms with Gasteiger partial charge in [-0.2, -0.15) is 0 Å². The SMILES string of the molecule is O=C(NCc1ccccc1)c1cc(-c2c[nH]c3ccccc23)on1. The molecule has 0 radical (unpaired) electrons. The monoisotopic (exact) mass is 317 g/mol. The fraction of sp³-hybridized carbons (Fsp3) is 0.0526. The number of H-pyrrole nitrogens is 1. The highest BCUT2D eigenvalue weighted by Crippen LogP contribution is 2.28. The van der Waals surface area contributed by atoms with Crippen LogP contribution in [0.5, 0.6) is 0 Å². The summed E-state index contributed by atoms with van der Waals surface area (Å²) in [6.45, 7) is 0.453. The number of amides is 1. The predicted octanol–water partition coefficient (Wildman–Crippen LogP) is 3.75. The Morgan fingerprint density at radius 1 is 1.08 bits per heavy atom. The molecule has 4 aromatic rings. The molecule has 2 N–H and O–H groups in total. The lowest BCUT2D eigenvalue weighted by Crippen LogP contribution is -2.22. The van der Waals surface area contributed by atoms with Gasteiger partial charge >= 0.3 is 0 Å². The van der Waals surface area contributed by atoms with Gasteiger partial charge in [-0.1, -0.05) is 53.7 Å². The minimum atomic E-state index is -0.256. The van der Waals surface area contributed by atoms with Gasteiger partial charge < -0.3 is 14.8 Å². The second-order valence-corrected chi connectivity index (χ2v) is 5.49. The maximum Gasteiger partial charge on any atom is 0.273 e. The fourth-order valence-electron chi connectivity index (χ4n) is 2.65. The molecule has 0 aliphatic carbocycles. The largest absolute Gasteiger partial charge is 0.360 e. The molecule has 0 atom stereocenters. The van der Waals surface area contributed by atoms with Crippen molar-refractivity contribution < 1.29 is 9.32 Å². The average Bonchev–Trinajstić information content (AvgIpc) is 3.27. The van der Waals surface area contributed by atoms with Crippen molar-refractivity contribution in [2.24, 2.45) is 0 Å². The minimum Gasteiger partial charge on any atom is -0.360 e. The van der Waals surface area contributed by atoms with E-state index >= 15 is 0 Å². The van der Waals surface area contributed by atoms with Gasteiger partial charge in [0.1, 0.15) is 0 Å². The number of nitrogens with one attached hydrogen (secondary N) is 2. The Kier molecular flexibility index (Phi) is 3.59. The third kappa shape index (κ3) is 2.67. The molecule has 2 aromatic heterocycles. The van der Waals surface area contributed by atoms with Crippen LogP contribution in [0.25, 0.3) is 22.2 Å². The normalized spacial score (nSPS) is 10.8. The molecular formula is C19H15N3O2. The number of aromatic nitrogens is 2. The van der Waals surface area contributed by atoms with Gasteiger partial charge in [-0.15, -0.1) is 0 Å². The third-order valence-corrected chi connectivity index (χ3v) is 3.89. The summed E-state index contributed by atoms with van der Waals surface area (Å²) in [5, 5.41) is 7.76. The Morgan fingerprint density at radius 2 is 1.88 bits per heavy atom. The average molecular weight is 317 g/mol. The Labute approximate surface area is 138 Å². The molecule has 0 bridgehead atoms. The zero-order valence-corrected chi connectivity index (χ0v) is 12.8. The number of aromatic amines is 1. The van der Waals surface area contributed by atoms with Crippen LogP contribution in [0.4, 0.5) is 0 Å². The summed E-state index contributed by atoms with van der Waals surface area (Å²) >= 11 is 0. The minimum absolute atomic E-state index is 0.256. The number of hydrogen-bond acceptors (Lipinski definition) is 3. The number of hydrogen-bond donors (Lipinski definition) is 2. The molecule has 0 saturated heterocycles. The predicted molar refractivity (Wildman–Crippen MR) is 91.4 cm³/mol. The second-order valence-electron chi connectivity index (χ2n) is 5.49. The van der Waals surface area contributed by atoms with E-state index in [0.29, 0.717) is 12.3 Å². The quantitative estimate of drug-likeness (QED) is 0.602. The van der Waals surface area contributed by atoms with Gasteiger partial charge in [-0.25, -0.2) is 0 Å². The standard InChI is InChI=1S/C19H15N3O2/c23-19(21-11-13-6-2-1-3-7-13)17-10-18(24-22-17)15-12-20-16-9-5-4-8-14(15)16/h1-10,12,20H,11H2,(H,21,23). The third-order valence-electron chi connectivity index (χ3n) is 3.89. The van der Waals surface area contributed by atoms with E-state index < -0.39 is 0 Å². The number of para-hydroxylation sites is 1. The topological polar surface area (TPSA) is 70.9 Å². The number of rotatable bonds is 4. The molecule has 2 aromatic carbocycles. The first kappa shape index (κ1) is 14.3. The zero-order valence-electron chi connectivity index (χ0n) is 12.8. The van der Waals surface area contributed by atoms with Crippen LogP contribution in [0.3, 0.4) is 0 Å². The second kappa shape index (κ2) is 6.04. The van der Waals surface area contributed by atoms with E-state index in [0.717, 1.165) is 22.0 Å². The summed E-state index contributed by atoms with van der Waals surface area (Å²) in [6.07, 6.45) is 1.86. The van der Waals surface area contributed by atoms with Crippen molar-refractivity contribution in [3.63, 3.8) is 0 Å². The molecule has 1 amide bonds. The number of carbonyl (C=O) groups is 1. The zero-order chi connectivity index (χ0) is 16.4. The van der Waals surface area contributed by atoms with E-state index in [2.05, 4.69) is 15.5 Å². The summed E-state index contributed by atoms with van der Waals surface area (Å²) in [5.41, 5.74) is 3.21. The van der Waals surface area contributed by atoms with Crippen molar-refractivity contribution in [3.8, 4) is 11.3 Å². The molecule has 0 aliphatic heterocycles. The molecule has 4 rings (SSSR count). The van der Waals surface area contributed by atoms with Gasteiger partial charge in [0.2, 0.25) is 0 Å². The lowest BCUT2D eigenvalue weighted by molar-refractivity contribution is 0.0942.